The first kappa shape index (κ1) is 24.8. The Morgan fingerprint density at radius 2 is 1.91 bits per heavy atom. The highest BCUT2D eigenvalue weighted by molar-refractivity contribution is 7.99. The number of hydrogen-bond donors (Lipinski definition) is 4. The lowest BCUT2D eigenvalue weighted by molar-refractivity contribution is 0.0172. The zero-order valence-electron chi connectivity index (χ0n) is 18.9. The SMILES string of the molecule is CO.O[C@@H]1C(CSc2ccccc2F)OC(N2CC=Nc3c(NC4CCCC4)ncnc32)[C@@H]1O. The number of thioether (sulfide) groups is 1. The van der Waals surface area contributed by atoms with Gasteiger partial charge in [0.15, 0.2) is 17.9 Å². The smallest absolute Gasteiger partial charge is 0.162 e. The number of aliphatic hydroxyl groups is 3. The number of nitrogens with zero attached hydrogens (tertiary/aromatic N) is 4. The van der Waals surface area contributed by atoms with Crippen LogP contribution in [0.25, 0.3) is 0 Å². The molecule has 1 aliphatic carbocycles. The molecule has 184 valence electrons. The van der Waals surface area contributed by atoms with Crippen LogP contribution in [0.3, 0.4) is 0 Å². The van der Waals surface area contributed by atoms with Crippen LogP contribution < -0.4 is 10.2 Å². The molecule has 9 nitrogen and oxygen atoms in total. The van der Waals surface area contributed by atoms with E-state index in [1.807, 2.05) is 0 Å². The summed E-state index contributed by atoms with van der Waals surface area (Å²) in [5, 5.41) is 31.8. The fourth-order valence-electron chi connectivity index (χ4n) is 4.46. The van der Waals surface area contributed by atoms with Crippen LogP contribution in [0.5, 0.6) is 0 Å². The third-order valence-corrected chi connectivity index (χ3v) is 7.29. The van der Waals surface area contributed by atoms with E-state index in [1.165, 1.54) is 37.0 Å². The molecule has 4 atom stereocenters. The van der Waals surface area contributed by atoms with Crippen LogP contribution in [0.2, 0.25) is 0 Å². The van der Waals surface area contributed by atoms with E-state index < -0.39 is 24.5 Å². The van der Waals surface area contributed by atoms with E-state index >= 15 is 0 Å². The fraction of sp³-hybridized carbons (Fsp3) is 0.522. The van der Waals surface area contributed by atoms with Crippen molar-refractivity contribution in [2.45, 2.75) is 61.2 Å². The summed E-state index contributed by atoms with van der Waals surface area (Å²) in [5.41, 5.74) is 0.611. The topological polar surface area (TPSA) is 123 Å². The molecule has 1 saturated heterocycles. The zero-order chi connectivity index (χ0) is 24.1. The average molecular weight is 492 g/mol. The number of rotatable bonds is 6. The summed E-state index contributed by atoms with van der Waals surface area (Å²) in [6.07, 6.45) is 4.13. The quantitative estimate of drug-likeness (QED) is 0.451. The number of anilines is 2. The van der Waals surface area contributed by atoms with E-state index in [-0.39, 0.29) is 5.82 Å². The summed E-state index contributed by atoms with van der Waals surface area (Å²) in [5.74, 6) is 1.22. The third kappa shape index (κ3) is 5.18. The Bertz CT molecular complexity index is 994. The number of fused-ring (bicyclic) bond motifs is 1. The number of aliphatic hydroxyl groups excluding tert-OH is 3. The lowest BCUT2D eigenvalue weighted by Gasteiger charge is -2.33. The van der Waals surface area contributed by atoms with Crippen molar-refractivity contribution in [1.82, 2.24) is 9.97 Å². The average Bonchev–Trinajstić information content (AvgIpc) is 3.48. The van der Waals surface area contributed by atoms with E-state index in [0.717, 1.165) is 20.0 Å². The molecule has 0 radical (unpaired) electrons. The predicted molar refractivity (Wildman–Crippen MR) is 129 cm³/mol. The van der Waals surface area contributed by atoms with E-state index in [0.29, 0.717) is 40.6 Å². The van der Waals surface area contributed by atoms with Crippen LogP contribution in [0.1, 0.15) is 25.7 Å². The Labute approximate surface area is 202 Å². The summed E-state index contributed by atoms with van der Waals surface area (Å²) in [4.78, 5) is 15.6. The van der Waals surface area contributed by atoms with Crippen molar-refractivity contribution in [3.63, 3.8) is 0 Å². The van der Waals surface area contributed by atoms with Gasteiger partial charge in [-0.15, -0.1) is 11.8 Å². The molecule has 5 rings (SSSR count). The normalized spacial score (nSPS) is 26.2. The van der Waals surface area contributed by atoms with Crippen molar-refractivity contribution in [3.8, 4) is 0 Å². The van der Waals surface area contributed by atoms with Crippen molar-refractivity contribution in [2.75, 3.05) is 29.6 Å². The van der Waals surface area contributed by atoms with E-state index in [4.69, 9.17) is 9.84 Å². The van der Waals surface area contributed by atoms with Crippen molar-refractivity contribution < 1.29 is 24.4 Å². The largest absolute Gasteiger partial charge is 0.400 e. The number of hydrogen-bond acceptors (Lipinski definition) is 10. The van der Waals surface area contributed by atoms with E-state index in [9.17, 15) is 14.6 Å². The molecule has 34 heavy (non-hydrogen) atoms. The summed E-state index contributed by atoms with van der Waals surface area (Å²) in [6.45, 7) is 0.383. The highest BCUT2D eigenvalue weighted by atomic mass is 32.2. The lowest BCUT2D eigenvalue weighted by atomic mass is 10.1. The molecule has 0 bridgehead atoms. The van der Waals surface area contributed by atoms with Crippen LogP contribution >= 0.6 is 11.8 Å². The molecule has 1 saturated carbocycles. The van der Waals surface area contributed by atoms with E-state index in [2.05, 4.69) is 20.3 Å². The summed E-state index contributed by atoms with van der Waals surface area (Å²) in [6, 6.07) is 6.84. The molecule has 2 unspecified atom stereocenters. The van der Waals surface area contributed by atoms with Gasteiger partial charge in [0.05, 0.1) is 12.6 Å². The van der Waals surface area contributed by atoms with E-state index in [1.54, 1.807) is 29.3 Å². The highest BCUT2D eigenvalue weighted by Gasteiger charge is 2.46. The van der Waals surface area contributed by atoms with Gasteiger partial charge >= 0.3 is 0 Å². The lowest BCUT2D eigenvalue weighted by Crippen LogP contribution is -2.46. The second-order valence-corrected chi connectivity index (χ2v) is 9.33. The molecule has 2 fully saturated rings. The molecule has 1 aromatic carbocycles. The highest BCUT2D eigenvalue weighted by Crippen LogP contribution is 2.39. The van der Waals surface area contributed by atoms with Gasteiger partial charge in [0.25, 0.3) is 0 Å². The monoisotopic (exact) mass is 491 g/mol. The van der Waals surface area contributed by atoms with Gasteiger partial charge in [0, 0.05) is 30.0 Å². The van der Waals surface area contributed by atoms with Gasteiger partial charge in [-0.2, -0.15) is 0 Å². The van der Waals surface area contributed by atoms with Crippen LogP contribution in [0, 0.1) is 5.82 Å². The first-order valence-electron chi connectivity index (χ1n) is 11.4. The summed E-state index contributed by atoms with van der Waals surface area (Å²) >= 11 is 1.25. The molecule has 0 amide bonds. The molecule has 2 aliphatic heterocycles. The van der Waals surface area contributed by atoms with Crippen molar-refractivity contribution in [1.29, 1.82) is 0 Å². The number of benzene rings is 1. The van der Waals surface area contributed by atoms with Gasteiger partial charge in [-0.05, 0) is 25.0 Å². The Hall–Kier alpha value is -2.31. The standard InChI is InChI=1S/C22H26FN5O3S.CH4O/c23-14-7-3-4-8-16(14)32-11-15-18(29)19(30)22(31-15)28-10-9-24-17-20(25-12-26-21(17)28)27-13-5-1-2-6-13;1-2/h3-4,7-9,12-13,15,18-19,22,29-30H,1-2,5-6,10-11H2,(H,25,26,27);2H,1H3/t15?,18-,19-,22?;/m1./s1. The molecule has 11 heteroatoms. The van der Waals surface area contributed by atoms with Crippen LogP contribution in [0.4, 0.5) is 21.7 Å². The maximum Gasteiger partial charge on any atom is 0.162 e. The third-order valence-electron chi connectivity index (χ3n) is 6.15. The molecule has 3 aliphatic rings. The molecule has 2 aromatic rings. The fourth-order valence-corrected chi connectivity index (χ4v) is 5.46. The van der Waals surface area contributed by atoms with Gasteiger partial charge in [0.1, 0.15) is 30.0 Å². The maximum absolute atomic E-state index is 13.9. The van der Waals surface area contributed by atoms with Crippen LogP contribution in [-0.4, -0.2) is 81.5 Å². The molecular weight excluding hydrogens is 461 g/mol. The Balaban J connectivity index is 0.00000133. The second-order valence-electron chi connectivity index (χ2n) is 8.27. The zero-order valence-corrected chi connectivity index (χ0v) is 19.7. The van der Waals surface area contributed by atoms with Gasteiger partial charge in [-0.1, -0.05) is 25.0 Å². The number of ether oxygens (including phenoxy) is 1. The minimum Gasteiger partial charge on any atom is -0.400 e. The summed E-state index contributed by atoms with van der Waals surface area (Å²) in [7, 11) is 1.00. The Morgan fingerprint density at radius 1 is 1.15 bits per heavy atom. The molecule has 4 N–H and O–H groups in total. The van der Waals surface area contributed by atoms with Gasteiger partial charge in [0.2, 0.25) is 0 Å². The molecular formula is C23H30FN5O4S. The summed E-state index contributed by atoms with van der Waals surface area (Å²) < 4.78 is 20.0. The van der Waals surface area contributed by atoms with Crippen molar-refractivity contribution in [2.24, 2.45) is 4.99 Å². The molecule has 0 spiro atoms. The second kappa shape index (κ2) is 11.4. The number of nitrogens with one attached hydrogen (secondary N) is 1. The Kier molecular flexibility index (Phi) is 8.32. The number of halogens is 1. The maximum atomic E-state index is 13.9. The first-order valence-corrected chi connectivity index (χ1v) is 12.3. The van der Waals surface area contributed by atoms with Gasteiger partial charge in [-0.25, -0.2) is 14.4 Å². The van der Waals surface area contributed by atoms with Crippen molar-refractivity contribution in [3.05, 3.63) is 36.4 Å². The van der Waals surface area contributed by atoms with Crippen molar-refractivity contribution >= 4 is 35.3 Å². The van der Waals surface area contributed by atoms with Crippen LogP contribution in [-0.2, 0) is 4.74 Å². The van der Waals surface area contributed by atoms with Gasteiger partial charge in [-0.3, -0.25) is 4.99 Å². The van der Waals surface area contributed by atoms with Crippen LogP contribution in [0.15, 0.2) is 40.5 Å². The number of aromatic nitrogens is 2. The Morgan fingerprint density at radius 3 is 2.68 bits per heavy atom. The number of aliphatic imine (C=N–C) groups is 1. The molecule has 3 heterocycles. The minimum atomic E-state index is -1.14. The molecule has 1 aromatic heterocycles. The predicted octanol–water partition coefficient (Wildman–Crippen LogP) is 2.34. The first-order chi connectivity index (χ1) is 16.6. The minimum absolute atomic E-state index is 0.308. The van der Waals surface area contributed by atoms with Gasteiger partial charge < -0.3 is 30.3 Å².